The number of halogens is 1. The largest absolute Gasteiger partial charge is 0.453 e. The lowest BCUT2D eigenvalue weighted by molar-refractivity contribution is 0.166. The number of imidazole rings is 1. The molecule has 1 amide bonds. The molecule has 1 saturated heterocycles. The normalized spacial score (nSPS) is 23.1. The number of nitrogens with one attached hydrogen (secondary N) is 3. The van der Waals surface area contributed by atoms with Gasteiger partial charge in [-0.1, -0.05) is 11.6 Å². The van der Waals surface area contributed by atoms with Crippen molar-refractivity contribution < 1.29 is 9.53 Å². The first-order chi connectivity index (χ1) is 17.4. The molecule has 1 aliphatic heterocycles. The maximum atomic E-state index is 11.6. The van der Waals surface area contributed by atoms with Gasteiger partial charge in [-0.2, -0.15) is 9.50 Å². The molecular formula is C23H29ClN10O2. The van der Waals surface area contributed by atoms with Crippen LogP contribution in [0.1, 0.15) is 25.7 Å². The topological polar surface area (TPSA) is 161 Å². The Morgan fingerprint density at radius 1 is 1.17 bits per heavy atom. The van der Waals surface area contributed by atoms with Gasteiger partial charge in [-0.3, -0.25) is 0 Å². The molecule has 13 heteroatoms. The first-order valence-corrected chi connectivity index (χ1v) is 12.5. The van der Waals surface area contributed by atoms with Gasteiger partial charge in [0, 0.05) is 30.9 Å². The molecule has 6 rings (SSSR count). The molecule has 2 aromatic heterocycles. The number of rotatable bonds is 6. The minimum Gasteiger partial charge on any atom is -0.453 e. The van der Waals surface area contributed by atoms with Crippen LogP contribution in [0.15, 0.2) is 18.3 Å². The highest BCUT2D eigenvalue weighted by Crippen LogP contribution is 2.44. The summed E-state index contributed by atoms with van der Waals surface area (Å²) in [5, 5.41) is 14.6. The number of aromatic nitrogens is 4. The highest BCUT2D eigenvalue weighted by Gasteiger charge is 2.42. The third-order valence-corrected chi connectivity index (χ3v) is 7.63. The molecule has 2 saturated carbocycles. The van der Waals surface area contributed by atoms with Gasteiger partial charge in [-0.15, -0.1) is 5.10 Å². The summed E-state index contributed by atoms with van der Waals surface area (Å²) in [7, 11) is 1.39. The zero-order valence-corrected chi connectivity index (χ0v) is 20.6. The molecule has 3 heterocycles. The molecule has 3 aliphatic rings. The summed E-state index contributed by atoms with van der Waals surface area (Å²) in [6.45, 7) is 1.69. The third kappa shape index (κ3) is 4.25. The second-order valence-corrected chi connectivity index (χ2v) is 10.3. The number of benzene rings is 1. The Balaban J connectivity index is 1.23. The monoisotopic (exact) mass is 512 g/mol. The van der Waals surface area contributed by atoms with Crippen LogP contribution in [0.5, 0.6) is 0 Å². The van der Waals surface area contributed by atoms with Crippen molar-refractivity contribution in [1.82, 2.24) is 24.9 Å². The van der Waals surface area contributed by atoms with E-state index < -0.39 is 0 Å². The van der Waals surface area contributed by atoms with E-state index in [4.69, 9.17) is 27.8 Å². The lowest BCUT2D eigenvalue weighted by Gasteiger charge is -2.24. The summed E-state index contributed by atoms with van der Waals surface area (Å²) in [4.78, 5) is 22.8. The molecule has 3 aromatic rings. The highest BCUT2D eigenvalue weighted by molar-refractivity contribution is 6.36. The van der Waals surface area contributed by atoms with Crippen LogP contribution in [0.2, 0.25) is 5.02 Å². The van der Waals surface area contributed by atoms with Crippen molar-refractivity contribution in [3.63, 3.8) is 0 Å². The molecule has 3 fully saturated rings. The second-order valence-electron chi connectivity index (χ2n) is 9.88. The summed E-state index contributed by atoms with van der Waals surface area (Å²) in [6, 6.07) is 4.20. The number of methoxy groups -OCH3 is 1. The number of nitrogen functional groups attached to an aromatic ring is 2. The van der Waals surface area contributed by atoms with Crippen molar-refractivity contribution in [2.75, 3.05) is 47.2 Å². The van der Waals surface area contributed by atoms with Crippen molar-refractivity contribution in [1.29, 1.82) is 0 Å². The van der Waals surface area contributed by atoms with Crippen molar-refractivity contribution in [2.24, 2.45) is 11.8 Å². The number of nitrogens with two attached hydrogens (primary N) is 2. The molecule has 3 atom stereocenters. The Kier molecular flexibility index (Phi) is 5.55. The van der Waals surface area contributed by atoms with Gasteiger partial charge in [0.05, 0.1) is 29.7 Å². The summed E-state index contributed by atoms with van der Waals surface area (Å²) in [6.07, 6.45) is 5.21. The number of hydrogen-bond acceptors (Lipinski definition) is 10. The van der Waals surface area contributed by atoms with Gasteiger partial charge in [0.15, 0.2) is 11.5 Å². The molecule has 0 spiro atoms. The number of fused-ring (bicyclic) bond motifs is 2. The van der Waals surface area contributed by atoms with Crippen LogP contribution < -0.4 is 32.3 Å². The number of amides is 1. The number of hydrogen-bond donors (Lipinski definition) is 5. The SMILES string of the molecule is COC(=O)NC1C[C@@H]2CN(c3cc(N)cc(Nc4nc(NC5CC5)c5ncc(N)n5n4)c3Cl)C[C@@H]2C1. The molecule has 0 radical (unpaired) electrons. The fraction of sp³-hybridized carbons (Fsp3) is 0.478. The Labute approximate surface area is 212 Å². The van der Waals surface area contributed by atoms with Crippen molar-refractivity contribution in [2.45, 2.75) is 37.8 Å². The van der Waals surface area contributed by atoms with Gasteiger partial charge >= 0.3 is 6.09 Å². The van der Waals surface area contributed by atoms with Crippen LogP contribution in [0.3, 0.4) is 0 Å². The smallest absolute Gasteiger partial charge is 0.407 e. The van der Waals surface area contributed by atoms with E-state index in [1.807, 2.05) is 6.07 Å². The standard InChI is InChI=1S/C23H29ClN10O2/c1-36-23(35)29-15-4-11-9-33(10-12(11)5-15)17-7-13(25)6-16(19(17)24)30-22-31-20(28-14-2-3-14)21-27-8-18(26)34(21)32-22/h6-8,11-12,14-15H,2-5,9-10,25-26H2,1H3,(H,29,35)(H2,28,30,31,32)/t11-,12+,15?. The zero-order chi connectivity index (χ0) is 25.0. The lowest BCUT2D eigenvalue weighted by atomic mass is 10.0. The van der Waals surface area contributed by atoms with Gasteiger partial charge < -0.3 is 37.1 Å². The molecule has 12 nitrogen and oxygen atoms in total. The third-order valence-electron chi connectivity index (χ3n) is 7.23. The molecule has 0 bridgehead atoms. The summed E-state index contributed by atoms with van der Waals surface area (Å²) < 4.78 is 6.30. The van der Waals surface area contributed by atoms with Gasteiger partial charge in [0.25, 0.3) is 0 Å². The molecule has 2 aliphatic carbocycles. The fourth-order valence-electron chi connectivity index (χ4n) is 5.38. The van der Waals surface area contributed by atoms with Gasteiger partial charge in [0.2, 0.25) is 5.95 Å². The number of ether oxygens (including phenoxy) is 1. The van der Waals surface area contributed by atoms with E-state index in [1.165, 1.54) is 7.11 Å². The zero-order valence-electron chi connectivity index (χ0n) is 19.9. The van der Waals surface area contributed by atoms with E-state index in [1.54, 1.807) is 16.8 Å². The summed E-state index contributed by atoms with van der Waals surface area (Å²) in [5.41, 5.74) is 15.0. The van der Waals surface area contributed by atoms with E-state index in [-0.39, 0.29) is 12.1 Å². The van der Waals surface area contributed by atoms with Crippen LogP contribution in [-0.2, 0) is 4.74 Å². The highest BCUT2D eigenvalue weighted by atomic mass is 35.5. The molecule has 7 N–H and O–H groups in total. The number of nitrogens with zero attached hydrogens (tertiary/aromatic N) is 5. The molecular weight excluding hydrogens is 484 g/mol. The van der Waals surface area contributed by atoms with Gasteiger partial charge in [-0.05, 0) is 49.7 Å². The van der Waals surface area contributed by atoms with E-state index in [0.717, 1.165) is 44.5 Å². The average Bonchev–Trinajstić information content (AvgIpc) is 3.28. The van der Waals surface area contributed by atoms with E-state index in [0.29, 0.717) is 57.5 Å². The first kappa shape index (κ1) is 22.8. The van der Waals surface area contributed by atoms with E-state index >= 15 is 0 Å². The quantitative estimate of drug-likeness (QED) is 0.310. The maximum absolute atomic E-state index is 11.6. The van der Waals surface area contributed by atoms with Crippen LogP contribution in [0.4, 0.5) is 39.4 Å². The van der Waals surface area contributed by atoms with Gasteiger partial charge in [0.1, 0.15) is 5.82 Å². The molecule has 190 valence electrons. The van der Waals surface area contributed by atoms with Crippen LogP contribution in [-0.4, -0.2) is 58.0 Å². The molecule has 1 unspecified atom stereocenters. The van der Waals surface area contributed by atoms with E-state index in [9.17, 15) is 4.79 Å². The van der Waals surface area contributed by atoms with E-state index in [2.05, 4.69) is 35.9 Å². The van der Waals surface area contributed by atoms with Crippen molar-refractivity contribution in [3.05, 3.63) is 23.4 Å². The number of alkyl carbamates (subject to hydrolysis) is 1. The average molecular weight is 513 g/mol. The predicted molar refractivity (Wildman–Crippen MR) is 139 cm³/mol. The fourth-order valence-corrected chi connectivity index (χ4v) is 5.66. The minimum atomic E-state index is -0.375. The van der Waals surface area contributed by atoms with Crippen LogP contribution in [0, 0.1) is 11.8 Å². The first-order valence-electron chi connectivity index (χ1n) is 12.1. The van der Waals surface area contributed by atoms with Crippen LogP contribution >= 0.6 is 11.6 Å². The molecule has 1 aromatic carbocycles. The lowest BCUT2D eigenvalue weighted by Crippen LogP contribution is -2.34. The Morgan fingerprint density at radius 3 is 2.61 bits per heavy atom. The summed E-state index contributed by atoms with van der Waals surface area (Å²) >= 11 is 6.90. The van der Waals surface area contributed by atoms with Crippen molar-refractivity contribution >= 4 is 58.0 Å². The molecule has 36 heavy (non-hydrogen) atoms. The maximum Gasteiger partial charge on any atom is 0.407 e. The minimum absolute atomic E-state index is 0.143. The van der Waals surface area contributed by atoms with Gasteiger partial charge in [-0.25, -0.2) is 9.78 Å². The van der Waals surface area contributed by atoms with Crippen molar-refractivity contribution in [3.8, 4) is 0 Å². The Hall–Kier alpha value is -3.67. The number of carbonyl (C=O) groups is 1. The Bertz CT molecular complexity index is 1310. The predicted octanol–water partition coefficient (Wildman–Crippen LogP) is 2.83. The summed E-state index contributed by atoms with van der Waals surface area (Å²) in [5.74, 6) is 2.30. The Morgan fingerprint density at radius 2 is 1.92 bits per heavy atom. The number of anilines is 6. The number of carbonyl (C=O) groups excluding carboxylic acids is 1. The van der Waals surface area contributed by atoms with Crippen LogP contribution in [0.25, 0.3) is 5.65 Å². The second kappa shape index (κ2) is 8.77.